The van der Waals surface area contributed by atoms with Crippen LogP contribution in [0.15, 0.2) is 61.3 Å². The Balaban J connectivity index is 1.72. The largest absolute Gasteiger partial charge is 0.315 e. The molecule has 2 aromatic heterocycles. The SMILES string of the molecule is CCC1CCC2N(c3ccccc3C1CC)c1cncnc1N2c1ccncc1. The molecule has 5 nitrogen and oxygen atoms in total. The lowest BCUT2D eigenvalue weighted by atomic mass is 9.77. The summed E-state index contributed by atoms with van der Waals surface area (Å²) in [6.07, 6.45) is 12.2. The third kappa shape index (κ3) is 2.87. The number of hydrogen-bond donors (Lipinski definition) is 0. The summed E-state index contributed by atoms with van der Waals surface area (Å²) in [4.78, 5) is 18.1. The molecule has 0 saturated heterocycles. The summed E-state index contributed by atoms with van der Waals surface area (Å²) in [6, 6.07) is 13.1. The Bertz CT molecular complexity index is 989. The van der Waals surface area contributed by atoms with Gasteiger partial charge in [-0.2, -0.15) is 0 Å². The Kier molecular flexibility index (Phi) is 4.66. The molecule has 0 radical (unpaired) electrons. The van der Waals surface area contributed by atoms with Crippen LogP contribution in [0.25, 0.3) is 0 Å². The zero-order valence-corrected chi connectivity index (χ0v) is 17.1. The Morgan fingerprint density at radius 1 is 0.897 bits per heavy atom. The minimum Gasteiger partial charge on any atom is -0.315 e. The molecule has 2 aliphatic rings. The number of aromatic nitrogens is 3. The first-order valence-electron chi connectivity index (χ1n) is 10.7. The molecule has 0 N–H and O–H groups in total. The van der Waals surface area contributed by atoms with Gasteiger partial charge in [0.25, 0.3) is 0 Å². The van der Waals surface area contributed by atoms with E-state index in [0.717, 1.165) is 23.6 Å². The second-order valence-electron chi connectivity index (χ2n) is 7.98. The lowest BCUT2D eigenvalue weighted by molar-refractivity contribution is 0.346. The molecule has 5 rings (SSSR count). The number of nitrogens with zero attached hydrogens (tertiary/aromatic N) is 5. The van der Waals surface area contributed by atoms with Crippen LogP contribution in [0.3, 0.4) is 0 Å². The van der Waals surface area contributed by atoms with Crippen molar-refractivity contribution in [2.75, 3.05) is 9.80 Å². The predicted molar refractivity (Wildman–Crippen MR) is 117 cm³/mol. The molecule has 29 heavy (non-hydrogen) atoms. The maximum atomic E-state index is 4.71. The Morgan fingerprint density at radius 3 is 2.52 bits per heavy atom. The molecular weight excluding hydrogens is 358 g/mol. The van der Waals surface area contributed by atoms with E-state index in [2.05, 4.69) is 70.0 Å². The van der Waals surface area contributed by atoms with Crippen molar-refractivity contribution in [2.24, 2.45) is 5.92 Å². The maximum Gasteiger partial charge on any atom is 0.162 e. The van der Waals surface area contributed by atoms with Gasteiger partial charge in [0, 0.05) is 23.8 Å². The van der Waals surface area contributed by atoms with E-state index in [-0.39, 0.29) is 6.17 Å². The number of benzene rings is 1. The summed E-state index contributed by atoms with van der Waals surface area (Å²) in [5.41, 5.74) is 4.98. The fraction of sp³-hybridized carbons (Fsp3) is 0.375. The molecule has 2 aliphatic heterocycles. The average Bonchev–Trinajstić information content (AvgIpc) is 3.09. The minimum absolute atomic E-state index is 0.192. The number of hydrogen-bond acceptors (Lipinski definition) is 5. The van der Waals surface area contributed by atoms with E-state index < -0.39 is 0 Å². The smallest absolute Gasteiger partial charge is 0.162 e. The van der Waals surface area contributed by atoms with E-state index in [1.807, 2.05) is 18.6 Å². The molecule has 0 bridgehead atoms. The highest BCUT2D eigenvalue weighted by Crippen LogP contribution is 2.52. The van der Waals surface area contributed by atoms with Gasteiger partial charge in [-0.15, -0.1) is 0 Å². The molecule has 0 saturated carbocycles. The third-order valence-corrected chi connectivity index (χ3v) is 6.62. The highest BCUT2D eigenvalue weighted by atomic mass is 15.4. The number of rotatable bonds is 3. The topological polar surface area (TPSA) is 45.2 Å². The first kappa shape index (κ1) is 18.1. The second kappa shape index (κ2) is 7.47. The summed E-state index contributed by atoms with van der Waals surface area (Å²) in [5, 5.41) is 0. The molecule has 1 aromatic carbocycles. The zero-order chi connectivity index (χ0) is 19.8. The summed E-state index contributed by atoms with van der Waals surface area (Å²) in [5.74, 6) is 2.26. The summed E-state index contributed by atoms with van der Waals surface area (Å²) < 4.78 is 0. The molecule has 3 unspecified atom stereocenters. The zero-order valence-electron chi connectivity index (χ0n) is 17.1. The molecule has 0 aliphatic carbocycles. The molecule has 5 heteroatoms. The van der Waals surface area contributed by atoms with Crippen LogP contribution in [0.5, 0.6) is 0 Å². The predicted octanol–water partition coefficient (Wildman–Crippen LogP) is 5.80. The maximum absolute atomic E-state index is 4.71. The lowest BCUT2D eigenvalue weighted by Crippen LogP contribution is -2.40. The van der Waals surface area contributed by atoms with E-state index >= 15 is 0 Å². The van der Waals surface area contributed by atoms with Crippen molar-refractivity contribution in [3.63, 3.8) is 0 Å². The molecule has 0 spiro atoms. The fourth-order valence-electron chi connectivity index (χ4n) is 5.32. The standard InChI is InChI=1S/C24H27N5/c1-3-17-9-10-23-28(18-11-13-25-14-12-18)24-22(15-26-16-27-24)29(23)21-8-6-5-7-20(21)19(17)4-2/h5-8,11-17,19,23H,3-4,9-10H2,1-2H3. The van der Waals surface area contributed by atoms with Crippen molar-refractivity contribution < 1.29 is 0 Å². The lowest BCUT2D eigenvalue weighted by Gasteiger charge is -2.39. The summed E-state index contributed by atoms with van der Waals surface area (Å²) in [6.45, 7) is 4.67. The Labute approximate surface area is 172 Å². The van der Waals surface area contributed by atoms with Crippen molar-refractivity contribution in [3.8, 4) is 0 Å². The van der Waals surface area contributed by atoms with Crippen LogP contribution in [0.1, 0.15) is 51.0 Å². The Morgan fingerprint density at radius 2 is 1.72 bits per heavy atom. The number of pyridine rings is 1. The first-order valence-corrected chi connectivity index (χ1v) is 10.7. The molecule has 148 valence electrons. The van der Waals surface area contributed by atoms with Gasteiger partial charge in [-0.3, -0.25) is 4.98 Å². The van der Waals surface area contributed by atoms with Gasteiger partial charge in [-0.1, -0.05) is 38.5 Å². The molecule has 0 fully saturated rings. The Hall–Kier alpha value is -2.95. The van der Waals surface area contributed by atoms with Gasteiger partial charge >= 0.3 is 0 Å². The van der Waals surface area contributed by atoms with E-state index in [0.29, 0.717) is 11.8 Å². The van der Waals surface area contributed by atoms with Gasteiger partial charge in [0.05, 0.1) is 6.20 Å². The molecule has 0 amide bonds. The van der Waals surface area contributed by atoms with E-state index in [1.165, 1.54) is 30.5 Å². The van der Waals surface area contributed by atoms with Gasteiger partial charge in [0.1, 0.15) is 18.2 Å². The number of para-hydroxylation sites is 1. The van der Waals surface area contributed by atoms with Crippen LogP contribution >= 0.6 is 0 Å². The van der Waals surface area contributed by atoms with Crippen LogP contribution in [-0.2, 0) is 0 Å². The van der Waals surface area contributed by atoms with Gasteiger partial charge in [-0.05, 0) is 54.9 Å². The van der Waals surface area contributed by atoms with Gasteiger partial charge in [0.2, 0.25) is 0 Å². The third-order valence-electron chi connectivity index (χ3n) is 6.62. The van der Waals surface area contributed by atoms with Crippen molar-refractivity contribution in [2.45, 2.75) is 51.6 Å². The summed E-state index contributed by atoms with van der Waals surface area (Å²) in [7, 11) is 0. The van der Waals surface area contributed by atoms with Crippen molar-refractivity contribution in [3.05, 3.63) is 66.9 Å². The van der Waals surface area contributed by atoms with Crippen molar-refractivity contribution in [1.82, 2.24) is 15.0 Å². The second-order valence-corrected chi connectivity index (χ2v) is 7.98. The van der Waals surface area contributed by atoms with Crippen LogP contribution < -0.4 is 9.80 Å². The van der Waals surface area contributed by atoms with E-state index in [1.54, 1.807) is 6.33 Å². The van der Waals surface area contributed by atoms with Crippen LogP contribution in [0, 0.1) is 5.92 Å². The van der Waals surface area contributed by atoms with E-state index in [4.69, 9.17) is 4.98 Å². The number of anilines is 4. The van der Waals surface area contributed by atoms with Gasteiger partial charge in [0.15, 0.2) is 5.82 Å². The minimum atomic E-state index is 0.192. The highest BCUT2D eigenvalue weighted by Gasteiger charge is 2.42. The fourth-order valence-corrected chi connectivity index (χ4v) is 5.32. The number of fused-ring (bicyclic) bond motifs is 5. The van der Waals surface area contributed by atoms with Crippen LogP contribution in [0.4, 0.5) is 22.9 Å². The highest BCUT2D eigenvalue weighted by molar-refractivity contribution is 5.86. The quantitative estimate of drug-likeness (QED) is 0.570. The van der Waals surface area contributed by atoms with Crippen molar-refractivity contribution in [1.29, 1.82) is 0 Å². The molecule has 3 aromatic rings. The van der Waals surface area contributed by atoms with Crippen molar-refractivity contribution >= 4 is 22.9 Å². The first-order chi connectivity index (χ1) is 14.3. The monoisotopic (exact) mass is 385 g/mol. The van der Waals surface area contributed by atoms with E-state index in [9.17, 15) is 0 Å². The summed E-state index contributed by atoms with van der Waals surface area (Å²) >= 11 is 0. The van der Waals surface area contributed by atoms with Gasteiger partial charge in [-0.25, -0.2) is 9.97 Å². The van der Waals surface area contributed by atoms with Gasteiger partial charge < -0.3 is 9.80 Å². The molecule has 3 atom stereocenters. The molecule has 4 heterocycles. The van der Waals surface area contributed by atoms with Crippen LogP contribution in [-0.4, -0.2) is 21.1 Å². The molecular formula is C24H27N5. The average molecular weight is 386 g/mol. The normalized spacial score (nSPS) is 23.0. The van der Waals surface area contributed by atoms with Crippen LogP contribution in [0.2, 0.25) is 0 Å².